The summed E-state index contributed by atoms with van der Waals surface area (Å²) in [4.78, 5) is 24.6. The topological polar surface area (TPSA) is 74.9 Å². The second-order valence-electron chi connectivity index (χ2n) is 5.77. The lowest BCUT2D eigenvalue weighted by atomic mass is 10.1. The number of hydrogen-bond donors (Lipinski definition) is 1. The van der Waals surface area contributed by atoms with Gasteiger partial charge in [0.25, 0.3) is 11.5 Å². The Kier molecular flexibility index (Phi) is 5.34. The number of nitrogens with one attached hydrogen (secondary N) is 1. The van der Waals surface area contributed by atoms with Crippen molar-refractivity contribution in [2.24, 2.45) is 0 Å². The first kappa shape index (κ1) is 18.4. The highest BCUT2D eigenvalue weighted by Crippen LogP contribution is 2.21. The van der Waals surface area contributed by atoms with Gasteiger partial charge in [0.15, 0.2) is 0 Å². The van der Waals surface area contributed by atoms with E-state index >= 15 is 0 Å². The van der Waals surface area contributed by atoms with E-state index in [1.165, 1.54) is 47.2 Å². The molecule has 1 aromatic heterocycles. The minimum atomic E-state index is -0.485. The Morgan fingerprint density at radius 1 is 1.15 bits per heavy atom. The Balaban J connectivity index is 1.86. The number of hydrogen-bond acceptors (Lipinski definition) is 3. The third-order valence-electron chi connectivity index (χ3n) is 3.86. The van der Waals surface area contributed by atoms with Gasteiger partial charge >= 0.3 is 0 Å². The number of benzene rings is 2. The molecule has 5 nitrogen and oxygen atoms in total. The number of nitrogens with zero attached hydrogens (tertiary/aromatic N) is 2. The molecule has 0 saturated carbocycles. The predicted molar refractivity (Wildman–Crippen MR) is 100 cm³/mol. The van der Waals surface area contributed by atoms with E-state index in [1.807, 2.05) is 6.07 Å². The molecule has 1 amide bonds. The fraction of sp³-hybridized carbons (Fsp3) is 0.0500. The van der Waals surface area contributed by atoms with Gasteiger partial charge in [-0.05, 0) is 42.0 Å². The largest absolute Gasteiger partial charge is 0.321 e. The van der Waals surface area contributed by atoms with Gasteiger partial charge in [0, 0.05) is 17.3 Å². The van der Waals surface area contributed by atoms with E-state index < -0.39 is 5.91 Å². The molecule has 2 aromatic carbocycles. The minimum absolute atomic E-state index is 0.195. The van der Waals surface area contributed by atoms with E-state index in [1.54, 1.807) is 18.2 Å². The second-order valence-corrected chi connectivity index (χ2v) is 6.20. The van der Waals surface area contributed by atoms with Crippen LogP contribution in [0.2, 0.25) is 5.02 Å². The van der Waals surface area contributed by atoms with Gasteiger partial charge in [-0.3, -0.25) is 9.59 Å². The fourth-order valence-corrected chi connectivity index (χ4v) is 2.66. The molecule has 134 valence electrons. The summed E-state index contributed by atoms with van der Waals surface area (Å²) in [6, 6.07) is 14.9. The number of anilines is 1. The van der Waals surface area contributed by atoms with Crippen molar-refractivity contribution >= 4 is 23.2 Å². The van der Waals surface area contributed by atoms with E-state index in [0.717, 1.165) is 5.56 Å². The van der Waals surface area contributed by atoms with E-state index in [2.05, 4.69) is 5.32 Å². The van der Waals surface area contributed by atoms with Crippen molar-refractivity contribution in [1.29, 1.82) is 5.26 Å². The highest BCUT2D eigenvalue weighted by Gasteiger charge is 2.11. The SMILES string of the molecule is N#Cc1ccc(Cl)cc1NC(=O)c1ccc(=O)n(Cc2ccc(F)cc2)c1. The lowest BCUT2D eigenvalue weighted by molar-refractivity contribution is 0.102. The van der Waals surface area contributed by atoms with Crippen LogP contribution in [-0.2, 0) is 6.54 Å². The molecule has 27 heavy (non-hydrogen) atoms. The summed E-state index contributed by atoms with van der Waals surface area (Å²) in [5, 5.41) is 12.1. The summed E-state index contributed by atoms with van der Waals surface area (Å²) in [7, 11) is 0. The number of carbonyl (C=O) groups excluding carboxylic acids is 1. The van der Waals surface area contributed by atoms with Gasteiger partial charge in [0.2, 0.25) is 0 Å². The zero-order chi connectivity index (χ0) is 19.4. The van der Waals surface area contributed by atoms with E-state index in [-0.39, 0.29) is 34.7 Å². The Labute approximate surface area is 159 Å². The molecular formula is C20H13ClFN3O2. The van der Waals surface area contributed by atoms with Crippen LogP contribution in [0, 0.1) is 17.1 Å². The van der Waals surface area contributed by atoms with Crippen molar-refractivity contribution in [3.8, 4) is 6.07 Å². The molecule has 0 unspecified atom stereocenters. The molecule has 3 aromatic rings. The Morgan fingerprint density at radius 3 is 2.59 bits per heavy atom. The van der Waals surface area contributed by atoms with Gasteiger partial charge in [-0.15, -0.1) is 0 Å². The monoisotopic (exact) mass is 381 g/mol. The number of rotatable bonds is 4. The molecule has 1 N–H and O–H groups in total. The van der Waals surface area contributed by atoms with Gasteiger partial charge in [-0.1, -0.05) is 23.7 Å². The minimum Gasteiger partial charge on any atom is -0.321 e. The molecule has 0 aliphatic rings. The summed E-state index contributed by atoms with van der Waals surface area (Å²) in [5.41, 5.74) is 1.22. The molecule has 7 heteroatoms. The molecule has 0 fully saturated rings. The zero-order valence-electron chi connectivity index (χ0n) is 13.9. The van der Waals surface area contributed by atoms with Gasteiger partial charge in [0.1, 0.15) is 11.9 Å². The van der Waals surface area contributed by atoms with Gasteiger partial charge in [0.05, 0.1) is 23.4 Å². The predicted octanol–water partition coefficient (Wildman–Crippen LogP) is 3.81. The quantitative estimate of drug-likeness (QED) is 0.746. The first-order valence-corrected chi connectivity index (χ1v) is 8.30. The lowest BCUT2D eigenvalue weighted by Gasteiger charge is -2.10. The third-order valence-corrected chi connectivity index (χ3v) is 4.10. The maximum atomic E-state index is 13.0. The summed E-state index contributed by atoms with van der Waals surface area (Å²) >= 11 is 5.92. The fourth-order valence-electron chi connectivity index (χ4n) is 2.49. The molecule has 0 aliphatic heterocycles. The van der Waals surface area contributed by atoms with Gasteiger partial charge < -0.3 is 9.88 Å². The molecule has 0 aliphatic carbocycles. The summed E-state index contributed by atoms with van der Waals surface area (Å²) in [5.74, 6) is -0.851. The van der Waals surface area contributed by atoms with Crippen molar-refractivity contribution in [1.82, 2.24) is 4.57 Å². The maximum absolute atomic E-state index is 13.0. The van der Waals surface area contributed by atoms with Crippen LogP contribution in [0.15, 0.2) is 65.6 Å². The number of amides is 1. The zero-order valence-corrected chi connectivity index (χ0v) is 14.7. The molecule has 0 spiro atoms. The van der Waals surface area contributed by atoms with Crippen LogP contribution in [0.4, 0.5) is 10.1 Å². The number of pyridine rings is 1. The first-order valence-electron chi connectivity index (χ1n) is 7.92. The molecule has 1 heterocycles. The number of halogens is 2. The van der Waals surface area contributed by atoms with Gasteiger partial charge in [-0.2, -0.15) is 5.26 Å². The molecule has 0 atom stereocenters. The van der Waals surface area contributed by atoms with Crippen LogP contribution < -0.4 is 10.9 Å². The molecule has 0 radical (unpaired) electrons. The Morgan fingerprint density at radius 2 is 1.89 bits per heavy atom. The standard InChI is InChI=1S/C20H13ClFN3O2/c21-16-5-3-14(10-23)18(9-16)24-20(27)15-4-8-19(26)25(12-15)11-13-1-6-17(22)7-2-13/h1-9,12H,11H2,(H,24,27). The maximum Gasteiger partial charge on any atom is 0.257 e. The van der Waals surface area contributed by atoms with Crippen LogP contribution in [0.3, 0.4) is 0 Å². The molecular weight excluding hydrogens is 369 g/mol. The number of nitriles is 1. The van der Waals surface area contributed by atoms with Crippen LogP contribution in [-0.4, -0.2) is 10.5 Å². The summed E-state index contributed by atoms with van der Waals surface area (Å²) in [6.07, 6.45) is 1.41. The first-order chi connectivity index (χ1) is 13.0. The van der Waals surface area contributed by atoms with Crippen molar-refractivity contribution in [2.45, 2.75) is 6.54 Å². The smallest absolute Gasteiger partial charge is 0.257 e. The Hall–Kier alpha value is -3.43. The number of carbonyl (C=O) groups is 1. The molecule has 0 saturated heterocycles. The van der Waals surface area contributed by atoms with E-state index in [9.17, 15) is 14.0 Å². The van der Waals surface area contributed by atoms with Crippen LogP contribution in [0.25, 0.3) is 0 Å². The van der Waals surface area contributed by atoms with Crippen molar-refractivity contribution in [2.75, 3.05) is 5.32 Å². The van der Waals surface area contributed by atoms with E-state index in [0.29, 0.717) is 5.02 Å². The second kappa shape index (κ2) is 7.85. The molecule has 3 rings (SSSR count). The highest BCUT2D eigenvalue weighted by molar-refractivity contribution is 6.31. The van der Waals surface area contributed by atoms with Gasteiger partial charge in [-0.25, -0.2) is 4.39 Å². The summed E-state index contributed by atoms with van der Waals surface area (Å²) < 4.78 is 14.4. The average molecular weight is 382 g/mol. The third kappa shape index (κ3) is 4.40. The number of aromatic nitrogens is 1. The van der Waals surface area contributed by atoms with Crippen molar-refractivity contribution in [3.63, 3.8) is 0 Å². The average Bonchev–Trinajstić information content (AvgIpc) is 2.65. The van der Waals surface area contributed by atoms with E-state index in [4.69, 9.17) is 16.9 Å². The van der Waals surface area contributed by atoms with Crippen molar-refractivity contribution < 1.29 is 9.18 Å². The summed E-state index contributed by atoms with van der Waals surface area (Å²) in [6.45, 7) is 0.195. The van der Waals surface area contributed by atoms with Crippen LogP contribution in [0.1, 0.15) is 21.5 Å². The molecule has 0 bridgehead atoms. The highest BCUT2D eigenvalue weighted by atomic mass is 35.5. The van der Waals surface area contributed by atoms with Crippen LogP contribution in [0.5, 0.6) is 0 Å². The normalized spacial score (nSPS) is 10.3. The van der Waals surface area contributed by atoms with Crippen molar-refractivity contribution in [3.05, 3.63) is 98.7 Å². The lowest BCUT2D eigenvalue weighted by Crippen LogP contribution is -2.22. The van der Waals surface area contributed by atoms with Crippen LogP contribution >= 0.6 is 11.6 Å². The Bertz CT molecular complexity index is 1100.